The van der Waals surface area contributed by atoms with E-state index in [0.717, 1.165) is 11.8 Å². The van der Waals surface area contributed by atoms with Gasteiger partial charge in [0.1, 0.15) is 0 Å². The smallest absolute Gasteiger partial charge is 0.223 e. The van der Waals surface area contributed by atoms with Gasteiger partial charge >= 0.3 is 0 Å². The Morgan fingerprint density at radius 1 is 1.41 bits per heavy atom. The Labute approximate surface area is 133 Å². The van der Waals surface area contributed by atoms with Gasteiger partial charge in [0.25, 0.3) is 0 Å². The number of rotatable bonds is 4. The van der Waals surface area contributed by atoms with Crippen LogP contribution in [0.5, 0.6) is 0 Å². The first kappa shape index (κ1) is 15.0. The highest BCUT2D eigenvalue weighted by Crippen LogP contribution is 2.25. The van der Waals surface area contributed by atoms with Crippen LogP contribution in [0.1, 0.15) is 18.9 Å². The van der Waals surface area contributed by atoms with Crippen molar-refractivity contribution in [1.82, 2.24) is 9.88 Å². The SMILES string of the molecule is CC(=O)SC1CC(=O)N(CCc2cccc3cnccc23)C1. The number of nitrogens with zero attached hydrogens (tertiary/aromatic N) is 2. The minimum atomic E-state index is 0.0844. The Kier molecular flexibility index (Phi) is 4.43. The van der Waals surface area contributed by atoms with Gasteiger partial charge in [-0.3, -0.25) is 14.6 Å². The van der Waals surface area contributed by atoms with Crippen molar-refractivity contribution in [2.45, 2.75) is 25.0 Å². The van der Waals surface area contributed by atoms with Crippen LogP contribution in [0.3, 0.4) is 0 Å². The lowest BCUT2D eigenvalue weighted by molar-refractivity contribution is -0.127. The average molecular weight is 314 g/mol. The monoisotopic (exact) mass is 314 g/mol. The number of aromatic nitrogens is 1. The number of likely N-dealkylation sites (tertiary alicyclic amines) is 1. The van der Waals surface area contributed by atoms with Gasteiger partial charge in [0.05, 0.1) is 0 Å². The van der Waals surface area contributed by atoms with E-state index in [2.05, 4.69) is 11.1 Å². The third kappa shape index (κ3) is 3.30. The van der Waals surface area contributed by atoms with Gasteiger partial charge in [0.15, 0.2) is 5.12 Å². The predicted molar refractivity (Wildman–Crippen MR) is 88.7 cm³/mol. The molecule has 1 fully saturated rings. The third-order valence-electron chi connectivity index (χ3n) is 3.93. The van der Waals surface area contributed by atoms with E-state index in [-0.39, 0.29) is 16.3 Å². The Morgan fingerprint density at radius 3 is 3.09 bits per heavy atom. The second-order valence-electron chi connectivity index (χ2n) is 5.54. The Morgan fingerprint density at radius 2 is 2.27 bits per heavy atom. The maximum Gasteiger partial charge on any atom is 0.223 e. The number of fused-ring (bicyclic) bond motifs is 1. The van der Waals surface area contributed by atoms with Crippen LogP contribution in [-0.2, 0) is 16.0 Å². The summed E-state index contributed by atoms with van der Waals surface area (Å²) in [5.41, 5.74) is 1.23. The number of thioether (sulfide) groups is 1. The quantitative estimate of drug-likeness (QED) is 0.870. The molecule has 0 aliphatic carbocycles. The number of carbonyl (C=O) groups is 2. The van der Waals surface area contributed by atoms with Crippen molar-refractivity contribution in [2.24, 2.45) is 0 Å². The second-order valence-corrected chi connectivity index (χ2v) is 7.02. The average Bonchev–Trinajstić information content (AvgIpc) is 2.84. The standard InChI is InChI=1S/C17H18N2O2S/c1-12(20)22-15-9-17(21)19(11-15)8-6-13-3-2-4-14-10-18-7-5-16(13)14/h2-5,7,10,15H,6,8-9,11H2,1H3. The highest BCUT2D eigenvalue weighted by Gasteiger charge is 2.30. The summed E-state index contributed by atoms with van der Waals surface area (Å²) < 4.78 is 0. The summed E-state index contributed by atoms with van der Waals surface area (Å²) in [5, 5.41) is 2.51. The molecule has 1 unspecified atom stereocenters. The number of hydrogen-bond donors (Lipinski definition) is 0. The maximum absolute atomic E-state index is 12.0. The van der Waals surface area contributed by atoms with E-state index in [4.69, 9.17) is 0 Å². The largest absolute Gasteiger partial charge is 0.341 e. The van der Waals surface area contributed by atoms with Gasteiger partial charge in [-0.25, -0.2) is 0 Å². The molecule has 1 amide bonds. The molecule has 0 radical (unpaired) electrons. The molecule has 1 aliphatic rings. The minimum Gasteiger partial charge on any atom is -0.341 e. The molecule has 1 aromatic heterocycles. The molecule has 5 heteroatoms. The fraction of sp³-hybridized carbons (Fsp3) is 0.353. The second kappa shape index (κ2) is 6.48. The van der Waals surface area contributed by atoms with Gasteiger partial charge in [0.2, 0.25) is 5.91 Å². The van der Waals surface area contributed by atoms with Crippen LogP contribution in [0.25, 0.3) is 10.8 Å². The van der Waals surface area contributed by atoms with E-state index in [1.165, 1.54) is 22.7 Å². The molecular weight excluding hydrogens is 296 g/mol. The first-order chi connectivity index (χ1) is 10.6. The van der Waals surface area contributed by atoms with E-state index < -0.39 is 0 Å². The van der Waals surface area contributed by atoms with Gasteiger partial charge < -0.3 is 4.90 Å². The van der Waals surface area contributed by atoms with Crippen molar-refractivity contribution < 1.29 is 9.59 Å². The molecule has 0 bridgehead atoms. The summed E-state index contributed by atoms with van der Waals surface area (Å²) in [5.74, 6) is 0.153. The third-order valence-corrected chi connectivity index (χ3v) is 4.91. The van der Waals surface area contributed by atoms with Crippen molar-refractivity contribution in [3.63, 3.8) is 0 Å². The molecule has 22 heavy (non-hydrogen) atoms. The number of hydrogen-bond acceptors (Lipinski definition) is 4. The molecule has 114 valence electrons. The van der Waals surface area contributed by atoms with Crippen LogP contribution < -0.4 is 0 Å². The summed E-state index contributed by atoms with van der Waals surface area (Å²) in [4.78, 5) is 29.2. The van der Waals surface area contributed by atoms with Crippen molar-refractivity contribution in [3.8, 4) is 0 Å². The van der Waals surface area contributed by atoms with Crippen LogP contribution in [0, 0.1) is 0 Å². The lowest BCUT2D eigenvalue weighted by atomic mass is 10.0. The van der Waals surface area contributed by atoms with Gasteiger partial charge in [-0.05, 0) is 23.4 Å². The van der Waals surface area contributed by atoms with E-state index in [0.29, 0.717) is 19.5 Å². The topological polar surface area (TPSA) is 50.3 Å². The highest BCUT2D eigenvalue weighted by molar-refractivity contribution is 8.14. The number of amides is 1. The molecule has 4 nitrogen and oxygen atoms in total. The molecule has 1 aliphatic heterocycles. The fourth-order valence-electron chi connectivity index (χ4n) is 2.93. The lowest BCUT2D eigenvalue weighted by Gasteiger charge is -2.17. The normalized spacial score (nSPS) is 18.1. The van der Waals surface area contributed by atoms with E-state index in [1.54, 1.807) is 13.1 Å². The fourth-order valence-corrected chi connectivity index (χ4v) is 3.88. The Hall–Kier alpha value is -1.88. The van der Waals surface area contributed by atoms with E-state index in [1.807, 2.05) is 29.3 Å². The molecule has 2 heterocycles. The predicted octanol–water partition coefficient (Wildman–Crippen LogP) is 2.66. The van der Waals surface area contributed by atoms with Crippen molar-refractivity contribution >= 4 is 33.6 Å². The van der Waals surface area contributed by atoms with E-state index in [9.17, 15) is 9.59 Å². The summed E-state index contributed by atoms with van der Waals surface area (Å²) >= 11 is 1.28. The van der Waals surface area contributed by atoms with Gasteiger partial charge in [-0.15, -0.1) is 0 Å². The van der Waals surface area contributed by atoms with Crippen LogP contribution in [-0.4, -0.2) is 39.2 Å². The van der Waals surface area contributed by atoms with Crippen LogP contribution in [0.2, 0.25) is 0 Å². The molecule has 1 atom stereocenters. The molecular formula is C17H18N2O2S. The van der Waals surface area contributed by atoms with Crippen molar-refractivity contribution in [1.29, 1.82) is 0 Å². The first-order valence-electron chi connectivity index (χ1n) is 7.40. The zero-order chi connectivity index (χ0) is 15.5. The number of pyridine rings is 1. The van der Waals surface area contributed by atoms with Gasteiger partial charge in [0, 0.05) is 49.5 Å². The first-order valence-corrected chi connectivity index (χ1v) is 8.28. The maximum atomic E-state index is 12.0. The molecule has 1 saturated heterocycles. The molecule has 3 rings (SSSR count). The van der Waals surface area contributed by atoms with Crippen LogP contribution in [0.4, 0.5) is 0 Å². The van der Waals surface area contributed by atoms with Gasteiger partial charge in [-0.1, -0.05) is 30.0 Å². The number of carbonyl (C=O) groups excluding carboxylic acids is 2. The van der Waals surface area contributed by atoms with E-state index >= 15 is 0 Å². The van der Waals surface area contributed by atoms with Gasteiger partial charge in [-0.2, -0.15) is 0 Å². The summed E-state index contributed by atoms with van der Waals surface area (Å²) in [6.07, 6.45) is 4.96. The van der Waals surface area contributed by atoms with Crippen LogP contribution >= 0.6 is 11.8 Å². The van der Waals surface area contributed by atoms with Crippen LogP contribution in [0.15, 0.2) is 36.7 Å². The van der Waals surface area contributed by atoms with Crippen molar-refractivity contribution in [3.05, 3.63) is 42.2 Å². The highest BCUT2D eigenvalue weighted by atomic mass is 32.2. The molecule has 0 spiro atoms. The minimum absolute atomic E-state index is 0.0844. The molecule has 0 N–H and O–H groups in total. The lowest BCUT2D eigenvalue weighted by Crippen LogP contribution is -2.28. The zero-order valence-electron chi connectivity index (χ0n) is 12.5. The summed E-state index contributed by atoms with van der Waals surface area (Å²) in [6, 6.07) is 8.20. The molecule has 2 aromatic rings. The van der Waals surface area contributed by atoms with Crippen molar-refractivity contribution in [2.75, 3.05) is 13.1 Å². The molecule has 0 saturated carbocycles. The zero-order valence-corrected chi connectivity index (χ0v) is 13.3. The molecule has 1 aromatic carbocycles. The Bertz CT molecular complexity index is 711. The summed E-state index contributed by atoms with van der Waals surface area (Å²) in [7, 11) is 0. The Balaban J connectivity index is 1.67. The number of benzene rings is 1. The summed E-state index contributed by atoms with van der Waals surface area (Å²) in [6.45, 7) is 2.94.